The molecule has 4 unspecified atom stereocenters. The van der Waals surface area contributed by atoms with Crippen molar-refractivity contribution in [3.63, 3.8) is 0 Å². The molecule has 4 atom stereocenters. The Morgan fingerprint density at radius 1 is 1.30 bits per heavy atom. The van der Waals surface area contributed by atoms with Crippen LogP contribution < -0.4 is 16.6 Å². The molecule has 0 aliphatic heterocycles. The van der Waals surface area contributed by atoms with E-state index in [0.717, 1.165) is 11.8 Å². The maximum atomic E-state index is 11.1. The van der Waals surface area contributed by atoms with Gasteiger partial charge in [-0.15, -0.1) is 0 Å². The standard InChI is InChI=1S/C13H17N5O2/c14-17-9-4-3-8(18(19)20)13(15-9)16-12-10-6-1-2-7(5-6)11(10)12/h3-4,6-7,10-12H,1-2,5,14H2,(H2,15,16,17). The summed E-state index contributed by atoms with van der Waals surface area (Å²) in [5.74, 6) is 9.13. The van der Waals surface area contributed by atoms with Crippen molar-refractivity contribution in [1.29, 1.82) is 0 Å². The highest BCUT2D eigenvalue weighted by Crippen LogP contribution is 2.66. The lowest BCUT2D eigenvalue weighted by molar-refractivity contribution is -0.384. The smallest absolute Gasteiger partial charge is 0.311 e. The van der Waals surface area contributed by atoms with E-state index >= 15 is 0 Å². The molecule has 20 heavy (non-hydrogen) atoms. The Bertz CT molecular complexity index is 562. The summed E-state index contributed by atoms with van der Waals surface area (Å²) in [5, 5.41) is 14.4. The van der Waals surface area contributed by atoms with E-state index in [0.29, 0.717) is 29.5 Å². The van der Waals surface area contributed by atoms with Crippen molar-refractivity contribution in [1.82, 2.24) is 4.98 Å². The van der Waals surface area contributed by atoms with Gasteiger partial charge in [0.25, 0.3) is 0 Å². The van der Waals surface area contributed by atoms with Crippen LogP contribution in [-0.4, -0.2) is 15.9 Å². The van der Waals surface area contributed by atoms with Gasteiger partial charge in [0.15, 0.2) is 0 Å². The third-order valence-electron chi connectivity index (χ3n) is 5.26. The van der Waals surface area contributed by atoms with Gasteiger partial charge in [-0.1, -0.05) is 0 Å². The molecule has 3 aliphatic carbocycles. The minimum Gasteiger partial charge on any atom is -0.361 e. The number of hydrogen-bond acceptors (Lipinski definition) is 6. The first-order chi connectivity index (χ1) is 9.69. The summed E-state index contributed by atoms with van der Waals surface area (Å²) in [5.41, 5.74) is 2.45. The number of rotatable bonds is 4. The molecule has 1 aromatic heterocycles. The number of nitrogens with two attached hydrogens (primary N) is 1. The zero-order valence-electron chi connectivity index (χ0n) is 11.0. The fourth-order valence-corrected chi connectivity index (χ4v) is 4.46. The molecule has 0 amide bonds. The summed E-state index contributed by atoms with van der Waals surface area (Å²) in [6.07, 6.45) is 4.00. The predicted molar refractivity (Wildman–Crippen MR) is 73.9 cm³/mol. The molecule has 7 heteroatoms. The van der Waals surface area contributed by atoms with E-state index in [1.54, 1.807) is 0 Å². The normalized spacial score (nSPS) is 36.5. The van der Waals surface area contributed by atoms with E-state index in [4.69, 9.17) is 5.84 Å². The number of nitrogens with one attached hydrogen (secondary N) is 2. The van der Waals surface area contributed by atoms with Crippen LogP contribution in [0.3, 0.4) is 0 Å². The molecule has 3 aliphatic rings. The van der Waals surface area contributed by atoms with Gasteiger partial charge in [0.2, 0.25) is 5.82 Å². The van der Waals surface area contributed by atoms with Gasteiger partial charge in [0, 0.05) is 12.1 Å². The second-order valence-corrected chi connectivity index (χ2v) is 6.12. The summed E-state index contributed by atoms with van der Waals surface area (Å²) >= 11 is 0. The molecular formula is C13H17N5O2. The number of nitro groups is 1. The van der Waals surface area contributed by atoms with Crippen molar-refractivity contribution in [2.75, 3.05) is 10.7 Å². The van der Waals surface area contributed by atoms with Gasteiger partial charge < -0.3 is 10.7 Å². The van der Waals surface area contributed by atoms with Crippen LogP contribution in [0.1, 0.15) is 19.3 Å². The molecule has 2 bridgehead atoms. The van der Waals surface area contributed by atoms with Crippen molar-refractivity contribution in [2.45, 2.75) is 25.3 Å². The molecule has 0 saturated heterocycles. The van der Waals surface area contributed by atoms with Crippen LogP contribution in [0.25, 0.3) is 0 Å². The third-order valence-corrected chi connectivity index (χ3v) is 5.26. The Morgan fingerprint density at radius 2 is 2.00 bits per heavy atom. The lowest BCUT2D eigenvalue weighted by atomic mass is 10.0. The van der Waals surface area contributed by atoms with Crippen LogP contribution in [0.2, 0.25) is 0 Å². The predicted octanol–water partition coefficient (Wildman–Crippen LogP) is 1.73. The summed E-state index contributed by atoms with van der Waals surface area (Å²) in [7, 11) is 0. The summed E-state index contributed by atoms with van der Waals surface area (Å²) in [4.78, 5) is 14.9. The molecule has 0 aromatic carbocycles. The van der Waals surface area contributed by atoms with Crippen molar-refractivity contribution in [2.24, 2.45) is 29.5 Å². The molecular weight excluding hydrogens is 258 g/mol. The maximum Gasteiger partial charge on any atom is 0.311 e. The van der Waals surface area contributed by atoms with Crippen LogP contribution in [0.15, 0.2) is 12.1 Å². The van der Waals surface area contributed by atoms with Crippen LogP contribution >= 0.6 is 0 Å². The number of hydrogen-bond donors (Lipinski definition) is 3. The topological polar surface area (TPSA) is 106 Å². The van der Waals surface area contributed by atoms with Crippen molar-refractivity contribution >= 4 is 17.3 Å². The summed E-state index contributed by atoms with van der Waals surface area (Å²) in [6.45, 7) is 0. The summed E-state index contributed by atoms with van der Waals surface area (Å²) < 4.78 is 0. The number of aromatic nitrogens is 1. The highest BCUT2D eigenvalue weighted by Gasteiger charge is 2.65. The summed E-state index contributed by atoms with van der Waals surface area (Å²) in [6, 6.07) is 3.32. The second-order valence-electron chi connectivity index (χ2n) is 6.12. The van der Waals surface area contributed by atoms with E-state index in [1.807, 2.05) is 0 Å². The minimum atomic E-state index is -0.400. The fourth-order valence-electron chi connectivity index (χ4n) is 4.46. The van der Waals surface area contributed by atoms with Crippen molar-refractivity contribution in [3.05, 3.63) is 22.2 Å². The number of anilines is 2. The van der Waals surface area contributed by atoms with E-state index < -0.39 is 4.92 Å². The molecule has 0 radical (unpaired) electrons. The molecule has 4 N–H and O–H groups in total. The largest absolute Gasteiger partial charge is 0.361 e. The Hall–Kier alpha value is -1.89. The first-order valence-electron chi connectivity index (χ1n) is 7.07. The average Bonchev–Trinajstić information content (AvgIpc) is 2.84. The van der Waals surface area contributed by atoms with Gasteiger partial charge in [-0.2, -0.15) is 0 Å². The molecule has 1 aromatic rings. The van der Waals surface area contributed by atoms with E-state index in [9.17, 15) is 10.1 Å². The van der Waals surface area contributed by atoms with Gasteiger partial charge in [-0.3, -0.25) is 10.1 Å². The maximum absolute atomic E-state index is 11.1. The van der Waals surface area contributed by atoms with Crippen LogP contribution in [0.5, 0.6) is 0 Å². The highest BCUT2D eigenvalue weighted by molar-refractivity contribution is 5.61. The third kappa shape index (κ3) is 1.59. The van der Waals surface area contributed by atoms with Gasteiger partial charge in [0.1, 0.15) is 5.82 Å². The molecule has 3 fully saturated rings. The van der Waals surface area contributed by atoms with E-state index in [-0.39, 0.29) is 5.69 Å². The van der Waals surface area contributed by atoms with Gasteiger partial charge in [-0.05, 0) is 49.0 Å². The molecule has 4 rings (SSSR count). The quantitative estimate of drug-likeness (QED) is 0.439. The Morgan fingerprint density at radius 3 is 2.60 bits per heavy atom. The number of pyridine rings is 1. The number of fused-ring (bicyclic) bond motifs is 5. The molecule has 106 valence electrons. The number of hydrazine groups is 1. The first kappa shape index (κ1) is 11.9. The van der Waals surface area contributed by atoms with Gasteiger partial charge >= 0.3 is 5.69 Å². The SMILES string of the molecule is NNc1ccc([N+](=O)[O-])c(NC2C3C4CCC(C4)C23)n1. The Kier molecular flexibility index (Phi) is 2.41. The van der Waals surface area contributed by atoms with Crippen LogP contribution in [0.4, 0.5) is 17.3 Å². The Balaban J connectivity index is 1.58. The fraction of sp³-hybridized carbons (Fsp3) is 0.615. The zero-order chi connectivity index (χ0) is 13.9. The average molecular weight is 275 g/mol. The Labute approximate surface area is 116 Å². The molecule has 1 heterocycles. The second kappa shape index (κ2) is 4.05. The monoisotopic (exact) mass is 275 g/mol. The van der Waals surface area contributed by atoms with E-state index in [1.165, 1.54) is 31.4 Å². The van der Waals surface area contributed by atoms with Crippen molar-refractivity contribution in [3.8, 4) is 0 Å². The molecule has 7 nitrogen and oxygen atoms in total. The van der Waals surface area contributed by atoms with Crippen molar-refractivity contribution < 1.29 is 4.92 Å². The first-order valence-corrected chi connectivity index (χ1v) is 7.07. The number of nitrogen functional groups attached to an aromatic ring is 1. The lowest BCUT2D eigenvalue weighted by Crippen LogP contribution is -2.16. The van der Waals surface area contributed by atoms with Crippen LogP contribution in [-0.2, 0) is 0 Å². The van der Waals surface area contributed by atoms with Crippen LogP contribution in [0, 0.1) is 33.8 Å². The lowest BCUT2D eigenvalue weighted by Gasteiger charge is -2.12. The van der Waals surface area contributed by atoms with Gasteiger partial charge in [0.05, 0.1) is 4.92 Å². The minimum absolute atomic E-state index is 0.0151. The zero-order valence-corrected chi connectivity index (χ0v) is 11.0. The number of nitrogens with zero attached hydrogens (tertiary/aromatic N) is 2. The highest BCUT2D eigenvalue weighted by atomic mass is 16.6. The molecule has 3 saturated carbocycles. The van der Waals surface area contributed by atoms with E-state index in [2.05, 4.69) is 15.7 Å². The van der Waals surface area contributed by atoms with Gasteiger partial charge in [-0.25, -0.2) is 10.8 Å². The molecule has 0 spiro atoms.